The highest BCUT2D eigenvalue weighted by molar-refractivity contribution is 5.53. The Balaban J connectivity index is 2.03. The van der Waals surface area contributed by atoms with Crippen LogP contribution in [0.15, 0.2) is 36.8 Å². The fourth-order valence-electron chi connectivity index (χ4n) is 1.33. The zero-order valence-electron chi connectivity index (χ0n) is 9.14. The number of hydrogen-bond donors (Lipinski definition) is 2. The Hall–Kier alpha value is -2.10. The lowest BCUT2D eigenvalue weighted by Gasteiger charge is -2.07. The summed E-state index contributed by atoms with van der Waals surface area (Å²) < 4.78 is 0. The molecule has 0 saturated carbocycles. The van der Waals surface area contributed by atoms with Crippen LogP contribution in [0, 0.1) is 6.92 Å². The normalized spacial score (nSPS) is 10.1. The molecule has 0 aliphatic rings. The largest absolute Gasteiger partial charge is 0.398 e. The quantitative estimate of drug-likeness (QED) is 0.820. The van der Waals surface area contributed by atoms with E-state index < -0.39 is 0 Å². The second kappa shape index (κ2) is 4.61. The van der Waals surface area contributed by atoms with Crippen molar-refractivity contribution in [3.63, 3.8) is 0 Å². The predicted molar refractivity (Wildman–Crippen MR) is 65.0 cm³/mol. The minimum atomic E-state index is 0.720. The third-order valence-corrected chi connectivity index (χ3v) is 2.37. The standard InChI is InChI=1S/C12H14N4/c1-9-7-15-12(6-11(9)13)16-8-10-2-4-14-5-3-10/h2-7H,8H2,1H3,(H3,13,15,16). The first-order valence-corrected chi connectivity index (χ1v) is 5.10. The van der Waals surface area contributed by atoms with Crippen molar-refractivity contribution < 1.29 is 0 Å². The van der Waals surface area contributed by atoms with Gasteiger partial charge in [-0.3, -0.25) is 4.98 Å². The number of nitrogen functional groups attached to an aromatic ring is 1. The van der Waals surface area contributed by atoms with E-state index in [2.05, 4.69) is 15.3 Å². The van der Waals surface area contributed by atoms with Gasteiger partial charge in [0.25, 0.3) is 0 Å². The number of pyridine rings is 2. The third kappa shape index (κ3) is 2.48. The second-order valence-electron chi connectivity index (χ2n) is 3.64. The van der Waals surface area contributed by atoms with Gasteiger partial charge < -0.3 is 11.1 Å². The topological polar surface area (TPSA) is 63.8 Å². The van der Waals surface area contributed by atoms with E-state index in [1.165, 1.54) is 0 Å². The van der Waals surface area contributed by atoms with Crippen LogP contribution in [0.2, 0.25) is 0 Å². The molecule has 2 rings (SSSR count). The molecule has 3 N–H and O–H groups in total. The molecule has 2 heterocycles. The fraction of sp³-hybridized carbons (Fsp3) is 0.167. The summed E-state index contributed by atoms with van der Waals surface area (Å²) in [5, 5.41) is 3.21. The second-order valence-corrected chi connectivity index (χ2v) is 3.64. The highest BCUT2D eigenvalue weighted by Gasteiger charge is 1.98. The Bertz CT molecular complexity index is 468. The van der Waals surface area contributed by atoms with E-state index in [-0.39, 0.29) is 0 Å². The molecule has 0 amide bonds. The number of hydrogen-bond acceptors (Lipinski definition) is 4. The Morgan fingerprint density at radius 1 is 1.31 bits per heavy atom. The van der Waals surface area contributed by atoms with Crippen molar-refractivity contribution in [1.82, 2.24) is 9.97 Å². The van der Waals surface area contributed by atoms with Gasteiger partial charge in [0, 0.05) is 36.9 Å². The van der Waals surface area contributed by atoms with Gasteiger partial charge in [-0.05, 0) is 30.2 Å². The Morgan fingerprint density at radius 2 is 2.06 bits per heavy atom. The molecular weight excluding hydrogens is 200 g/mol. The summed E-state index contributed by atoms with van der Waals surface area (Å²) in [4.78, 5) is 8.21. The third-order valence-electron chi connectivity index (χ3n) is 2.37. The molecule has 2 aromatic rings. The average molecular weight is 214 g/mol. The van der Waals surface area contributed by atoms with Gasteiger partial charge in [-0.15, -0.1) is 0 Å². The monoisotopic (exact) mass is 214 g/mol. The Morgan fingerprint density at radius 3 is 2.75 bits per heavy atom. The molecule has 0 unspecified atom stereocenters. The van der Waals surface area contributed by atoms with Crippen LogP contribution in [-0.2, 0) is 6.54 Å². The van der Waals surface area contributed by atoms with Crippen molar-refractivity contribution in [1.29, 1.82) is 0 Å². The molecule has 0 fully saturated rings. The van der Waals surface area contributed by atoms with E-state index in [4.69, 9.17) is 5.73 Å². The molecule has 82 valence electrons. The summed E-state index contributed by atoms with van der Waals surface area (Å²) in [7, 11) is 0. The highest BCUT2D eigenvalue weighted by Crippen LogP contribution is 2.14. The lowest BCUT2D eigenvalue weighted by molar-refractivity contribution is 1.09. The SMILES string of the molecule is Cc1cnc(NCc2ccncc2)cc1N. The molecule has 0 spiro atoms. The minimum absolute atomic E-state index is 0.720. The average Bonchev–Trinajstić information content (AvgIpc) is 2.32. The summed E-state index contributed by atoms with van der Waals surface area (Å²) in [5.41, 5.74) is 8.71. The molecule has 0 aliphatic carbocycles. The lowest BCUT2D eigenvalue weighted by atomic mass is 10.2. The maximum Gasteiger partial charge on any atom is 0.128 e. The summed E-state index contributed by atoms with van der Waals surface area (Å²) in [6.07, 6.45) is 5.31. The predicted octanol–water partition coefficient (Wildman–Crippen LogP) is 1.98. The smallest absolute Gasteiger partial charge is 0.128 e. The van der Waals surface area contributed by atoms with Gasteiger partial charge in [-0.25, -0.2) is 4.98 Å². The van der Waals surface area contributed by atoms with E-state index in [0.29, 0.717) is 0 Å². The summed E-state index contributed by atoms with van der Waals surface area (Å²) >= 11 is 0. The number of anilines is 2. The van der Waals surface area contributed by atoms with Gasteiger partial charge in [0.15, 0.2) is 0 Å². The summed E-state index contributed by atoms with van der Waals surface area (Å²) in [5.74, 6) is 0.792. The number of rotatable bonds is 3. The van der Waals surface area contributed by atoms with E-state index in [1.807, 2.05) is 25.1 Å². The van der Waals surface area contributed by atoms with Crippen LogP contribution < -0.4 is 11.1 Å². The molecule has 0 radical (unpaired) electrons. The van der Waals surface area contributed by atoms with Gasteiger partial charge in [0.05, 0.1) is 0 Å². The molecular formula is C12H14N4. The maximum absolute atomic E-state index is 5.80. The van der Waals surface area contributed by atoms with Crippen LogP contribution in [-0.4, -0.2) is 9.97 Å². The highest BCUT2D eigenvalue weighted by atomic mass is 15.0. The number of aryl methyl sites for hydroxylation is 1. The Labute approximate surface area is 94.5 Å². The first-order valence-electron chi connectivity index (χ1n) is 5.10. The minimum Gasteiger partial charge on any atom is -0.398 e. The van der Waals surface area contributed by atoms with E-state index in [9.17, 15) is 0 Å². The van der Waals surface area contributed by atoms with Gasteiger partial charge >= 0.3 is 0 Å². The van der Waals surface area contributed by atoms with Crippen LogP contribution in [0.25, 0.3) is 0 Å². The zero-order chi connectivity index (χ0) is 11.4. The van der Waals surface area contributed by atoms with Crippen molar-refractivity contribution in [3.05, 3.63) is 47.9 Å². The first-order chi connectivity index (χ1) is 7.75. The summed E-state index contributed by atoms with van der Waals surface area (Å²) in [6, 6.07) is 5.77. The lowest BCUT2D eigenvalue weighted by Crippen LogP contribution is -2.02. The summed E-state index contributed by atoms with van der Waals surface area (Å²) in [6.45, 7) is 2.66. The van der Waals surface area contributed by atoms with Crippen molar-refractivity contribution in [2.24, 2.45) is 0 Å². The number of nitrogens with zero attached hydrogens (tertiary/aromatic N) is 2. The van der Waals surface area contributed by atoms with Gasteiger partial charge in [-0.2, -0.15) is 0 Å². The van der Waals surface area contributed by atoms with Gasteiger partial charge in [0.1, 0.15) is 5.82 Å². The van der Waals surface area contributed by atoms with Crippen molar-refractivity contribution in [2.75, 3.05) is 11.1 Å². The molecule has 4 heteroatoms. The van der Waals surface area contributed by atoms with Crippen molar-refractivity contribution in [3.8, 4) is 0 Å². The van der Waals surface area contributed by atoms with Crippen LogP contribution in [0.3, 0.4) is 0 Å². The number of nitrogens with two attached hydrogens (primary N) is 1. The molecule has 0 bridgehead atoms. The van der Waals surface area contributed by atoms with Crippen LogP contribution in [0.1, 0.15) is 11.1 Å². The Kier molecular flexibility index (Phi) is 3.00. The van der Waals surface area contributed by atoms with E-state index >= 15 is 0 Å². The molecule has 4 nitrogen and oxygen atoms in total. The fourth-order valence-corrected chi connectivity index (χ4v) is 1.33. The van der Waals surface area contributed by atoms with Crippen LogP contribution in [0.4, 0.5) is 11.5 Å². The van der Waals surface area contributed by atoms with Gasteiger partial charge in [0.2, 0.25) is 0 Å². The first kappa shape index (κ1) is 10.4. The van der Waals surface area contributed by atoms with Crippen LogP contribution in [0.5, 0.6) is 0 Å². The maximum atomic E-state index is 5.80. The molecule has 0 atom stereocenters. The van der Waals surface area contributed by atoms with Crippen molar-refractivity contribution in [2.45, 2.75) is 13.5 Å². The van der Waals surface area contributed by atoms with Crippen molar-refractivity contribution >= 4 is 11.5 Å². The van der Waals surface area contributed by atoms with Gasteiger partial charge in [-0.1, -0.05) is 0 Å². The molecule has 2 aromatic heterocycles. The molecule has 0 aliphatic heterocycles. The van der Waals surface area contributed by atoms with E-state index in [1.54, 1.807) is 18.6 Å². The molecule has 0 saturated heterocycles. The number of aromatic nitrogens is 2. The van der Waals surface area contributed by atoms with E-state index in [0.717, 1.165) is 29.2 Å². The molecule has 0 aromatic carbocycles. The zero-order valence-corrected chi connectivity index (χ0v) is 9.14. The van der Waals surface area contributed by atoms with Crippen LogP contribution >= 0.6 is 0 Å². The molecule has 16 heavy (non-hydrogen) atoms. The number of nitrogens with one attached hydrogen (secondary N) is 1.